The molecule has 6 nitrogen and oxygen atoms in total. The summed E-state index contributed by atoms with van der Waals surface area (Å²) in [7, 11) is 1.52. The first-order chi connectivity index (χ1) is 9.60. The number of methoxy groups -OCH3 is 1. The van der Waals surface area contributed by atoms with Crippen molar-refractivity contribution in [3.63, 3.8) is 0 Å². The smallest absolute Gasteiger partial charge is 0.319 e. The molecule has 1 aliphatic rings. The lowest BCUT2D eigenvalue weighted by atomic mass is 10.1. The summed E-state index contributed by atoms with van der Waals surface area (Å²) in [5, 5.41) is 0. The fraction of sp³-hybridized carbons (Fsp3) is 0.643. The summed E-state index contributed by atoms with van der Waals surface area (Å²) in [6, 6.07) is 1.99. The molecule has 1 saturated heterocycles. The van der Waals surface area contributed by atoms with E-state index in [1.807, 2.05) is 18.7 Å². The number of hydrogen-bond donors (Lipinski definition) is 0. The van der Waals surface area contributed by atoms with Gasteiger partial charge in [0.2, 0.25) is 11.8 Å². The Bertz CT molecular complexity index is 465. The van der Waals surface area contributed by atoms with Crippen molar-refractivity contribution in [2.24, 2.45) is 5.92 Å². The van der Waals surface area contributed by atoms with E-state index in [9.17, 15) is 4.79 Å². The molecule has 1 aliphatic heterocycles. The van der Waals surface area contributed by atoms with E-state index in [2.05, 4.69) is 9.97 Å². The predicted octanol–water partition coefficient (Wildman–Crippen LogP) is 1.51. The van der Waals surface area contributed by atoms with E-state index in [-0.39, 0.29) is 23.9 Å². The number of carbonyl (C=O) groups excluding carboxylic acids is 1. The van der Waals surface area contributed by atoms with E-state index in [1.54, 1.807) is 12.3 Å². The normalized spacial score (nSPS) is 19.0. The molecule has 20 heavy (non-hydrogen) atoms. The highest BCUT2D eigenvalue weighted by molar-refractivity contribution is 5.78. The molecule has 1 amide bonds. The quantitative estimate of drug-likeness (QED) is 0.836. The maximum absolute atomic E-state index is 12.0. The average Bonchev–Trinajstić information content (AvgIpc) is 2.47. The Morgan fingerprint density at radius 3 is 3.00 bits per heavy atom. The van der Waals surface area contributed by atoms with Crippen molar-refractivity contribution in [2.75, 3.05) is 20.2 Å². The summed E-state index contributed by atoms with van der Waals surface area (Å²) >= 11 is 0. The molecule has 0 saturated carbocycles. The van der Waals surface area contributed by atoms with Crippen molar-refractivity contribution in [1.82, 2.24) is 14.9 Å². The molecule has 0 aliphatic carbocycles. The zero-order chi connectivity index (χ0) is 14.5. The second-order valence-electron chi connectivity index (χ2n) is 5.20. The minimum atomic E-state index is -0.0222. The lowest BCUT2D eigenvalue weighted by Crippen LogP contribution is -2.45. The molecule has 0 N–H and O–H groups in total. The van der Waals surface area contributed by atoms with Gasteiger partial charge in [0.05, 0.1) is 13.7 Å². The summed E-state index contributed by atoms with van der Waals surface area (Å²) in [6.45, 7) is 5.26. The molecule has 2 heterocycles. The van der Waals surface area contributed by atoms with Gasteiger partial charge in [-0.05, 0) is 12.8 Å². The third-order valence-electron chi connectivity index (χ3n) is 3.26. The molecular weight excluding hydrogens is 258 g/mol. The van der Waals surface area contributed by atoms with Crippen LogP contribution in [-0.4, -0.2) is 47.1 Å². The van der Waals surface area contributed by atoms with Crippen LogP contribution in [0.2, 0.25) is 0 Å². The molecule has 1 fully saturated rings. The van der Waals surface area contributed by atoms with Gasteiger partial charge in [-0.2, -0.15) is 4.98 Å². The van der Waals surface area contributed by atoms with Crippen LogP contribution in [0.5, 0.6) is 11.9 Å². The highest BCUT2D eigenvalue weighted by Gasteiger charge is 2.26. The molecule has 6 heteroatoms. The number of nitrogens with zero attached hydrogens (tertiary/aromatic N) is 3. The van der Waals surface area contributed by atoms with Crippen LogP contribution in [-0.2, 0) is 4.79 Å². The highest BCUT2D eigenvalue weighted by atomic mass is 16.5. The van der Waals surface area contributed by atoms with Crippen LogP contribution in [0, 0.1) is 5.92 Å². The maximum atomic E-state index is 12.0. The Balaban J connectivity index is 1.97. The molecule has 0 aromatic carbocycles. The molecule has 1 aromatic rings. The van der Waals surface area contributed by atoms with E-state index in [0.717, 1.165) is 19.4 Å². The molecule has 110 valence electrons. The van der Waals surface area contributed by atoms with Gasteiger partial charge < -0.3 is 14.4 Å². The fourth-order valence-electron chi connectivity index (χ4n) is 2.26. The molecule has 0 spiro atoms. The van der Waals surface area contributed by atoms with Gasteiger partial charge in [-0.1, -0.05) is 13.8 Å². The molecule has 2 rings (SSSR count). The number of ether oxygens (including phenoxy) is 2. The van der Waals surface area contributed by atoms with Crippen molar-refractivity contribution < 1.29 is 14.3 Å². The summed E-state index contributed by atoms with van der Waals surface area (Å²) in [6.07, 6.45) is 3.45. The number of piperidine rings is 1. The zero-order valence-corrected chi connectivity index (χ0v) is 12.2. The minimum Gasteiger partial charge on any atom is -0.472 e. The summed E-state index contributed by atoms with van der Waals surface area (Å²) in [5.74, 6) is 0.687. The van der Waals surface area contributed by atoms with E-state index >= 15 is 0 Å². The molecule has 1 aromatic heterocycles. The largest absolute Gasteiger partial charge is 0.472 e. The number of likely N-dealkylation sites (tertiary alicyclic amines) is 1. The van der Waals surface area contributed by atoms with Gasteiger partial charge in [0.25, 0.3) is 0 Å². The van der Waals surface area contributed by atoms with Crippen molar-refractivity contribution >= 4 is 5.91 Å². The molecular formula is C14H21N3O3. The third kappa shape index (κ3) is 3.59. The number of hydrogen-bond acceptors (Lipinski definition) is 5. The fourth-order valence-corrected chi connectivity index (χ4v) is 2.26. The first-order valence-electron chi connectivity index (χ1n) is 6.92. The van der Waals surface area contributed by atoms with E-state index in [1.165, 1.54) is 7.11 Å². The number of amides is 1. The minimum absolute atomic E-state index is 0.0212. The van der Waals surface area contributed by atoms with Crippen LogP contribution in [0.15, 0.2) is 12.3 Å². The van der Waals surface area contributed by atoms with E-state index in [4.69, 9.17) is 9.47 Å². The summed E-state index contributed by atoms with van der Waals surface area (Å²) in [4.78, 5) is 22.0. The van der Waals surface area contributed by atoms with Gasteiger partial charge in [0.1, 0.15) is 6.10 Å². The van der Waals surface area contributed by atoms with Gasteiger partial charge >= 0.3 is 6.01 Å². The molecule has 1 atom stereocenters. The second kappa shape index (κ2) is 6.54. The topological polar surface area (TPSA) is 64.6 Å². The first-order valence-corrected chi connectivity index (χ1v) is 6.92. The summed E-state index contributed by atoms with van der Waals surface area (Å²) < 4.78 is 10.8. The standard InChI is InChI=1S/C14H21N3O3/c1-10(2)13(18)17-8-4-5-11(9-17)20-12-6-7-15-14(16-12)19-3/h6-7,10-11H,4-5,8-9H2,1-3H3. The van der Waals surface area contributed by atoms with Gasteiger partial charge in [-0.3, -0.25) is 4.79 Å². The molecule has 0 radical (unpaired) electrons. The van der Waals surface area contributed by atoms with Gasteiger partial charge in [0, 0.05) is 24.7 Å². The monoisotopic (exact) mass is 279 g/mol. The predicted molar refractivity (Wildman–Crippen MR) is 73.7 cm³/mol. The Labute approximate surface area is 119 Å². The lowest BCUT2D eigenvalue weighted by molar-refractivity contribution is -0.137. The van der Waals surface area contributed by atoms with E-state index < -0.39 is 0 Å². The SMILES string of the molecule is COc1nccc(OC2CCCN(C(=O)C(C)C)C2)n1. The first kappa shape index (κ1) is 14.6. The van der Waals surface area contributed by atoms with Crippen molar-refractivity contribution in [3.05, 3.63) is 12.3 Å². The second-order valence-corrected chi connectivity index (χ2v) is 5.20. The van der Waals surface area contributed by atoms with Crippen LogP contribution in [0.1, 0.15) is 26.7 Å². The van der Waals surface area contributed by atoms with Gasteiger partial charge in [-0.15, -0.1) is 0 Å². The average molecular weight is 279 g/mol. The Morgan fingerprint density at radius 2 is 2.30 bits per heavy atom. The Morgan fingerprint density at radius 1 is 1.50 bits per heavy atom. The highest BCUT2D eigenvalue weighted by Crippen LogP contribution is 2.19. The van der Waals surface area contributed by atoms with Gasteiger partial charge in [0.15, 0.2) is 0 Å². The number of aromatic nitrogens is 2. The lowest BCUT2D eigenvalue weighted by Gasteiger charge is -2.33. The van der Waals surface area contributed by atoms with E-state index in [0.29, 0.717) is 12.4 Å². The van der Waals surface area contributed by atoms with Crippen molar-refractivity contribution in [1.29, 1.82) is 0 Å². The van der Waals surface area contributed by atoms with Crippen LogP contribution in [0.25, 0.3) is 0 Å². The Hall–Kier alpha value is -1.85. The van der Waals surface area contributed by atoms with Crippen LogP contribution in [0.4, 0.5) is 0 Å². The van der Waals surface area contributed by atoms with Crippen molar-refractivity contribution in [3.8, 4) is 11.9 Å². The third-order valence-corrected chi connectivity index (χ3v) is 3.26. The number of carbonyl (C=O) groups is 1. The molecule has 1 unspecified atom stereocenters. The zero-order valence-electron chi connectivity index (χ0n) is 12.2. The van der Waals surface area contributed by atoms with Crippen LogP contribution in [0.3, 0.4) is 0 Å². The van der Waals surface area contributed by atoms with Crippen LogP contribution < -0.4 is 9.47 Å². The van der Waals surface area contributed by atoms with Crippen LogP contribution >= 0.6 is 0 Å². The molecule has 0 bridgehead atoms. The summed E-state index contributed by atoms with van der Waals surface area (Å²) in [5.41, 5.74) is 0. The number of rotatable bonds is 4. The Kier molecular flexibility index (Phi) is 4.76. The van der Waals surface area contributed by atoms with Gasteiger partial charge in [-0.25, -0.2) is 4.98 Å². The van der Waals surface area contributed by atoms with Crippen molar-refractivity contribution in [2.45, 2.75) is 32.8 Å². The maximum Gasteiger partial charge on any atom is 0.319 e.